The fourth-order valence-corrected chi connectivity index (χ4v) is 5.79. The number of nitrogens with one attached hydrogen (secondary N) is 1. The lowest BCUT2D eigenvalue weighted by atomic mass is 9.85. The molecule has 1 N–H and O–H groups in total. The van der Waals surface area contributed by atoms with Crippen molar-refractivity contribution >= 4 is 5.69 Å². The third kappa shape index (κ3) is 4.20. The van der Waals surface area contributed by atoms with Crippen molar-refractivity contribution in [2.24, 2.45) is 5.92 Å². The van der Waals surface area contributed by atoms with Gasteiger partial charge in [0, 0.05) is 37.1 Å². The zero-order chi connectivity index (χ0) is 24.0. The third-order valence-corrected chi connectivity index (χ3v) is 8.65. The first-order valence-corrected chi connectivity index (χ1v) is 13.7. The van der Waals surface area contributed by atoms with E-state index in [-0.39, 0.29) is 0 Å². The highest BCUT2D eigenvalue weighted by Gasteiger charge is 2.45. The molecular weight excluding hydrogens is 450 g/mol. The molecule has 0 aromatic carbocycles. The molecule has 4 aliphatic rings. The van der Waals surface area contributed by atoms with Crippen molar-refractivity contribution in [3.63, 3.8) is 0 Å². The van der Waals surface area contributed by atoms with Gasteiger partial charge in [-0.2, -0.15) is 0 Å². The van der Waals surface area contributed by atoms with Crippen molar-refractivity contribution in [2.45, 2.75) is 62.4 Å². The number of aromatic nitrogens is 5. The van der Waals surface area contributed by atoms with E-state index < -0.39 is 5.54 Å². The smallest absolute Gasteiger partial charge is 0.152 e. The Labute approximate surface area is 212 Å². The number of pyridine rings is 2. The lowest BCUT2D eigenvalue weighted by Gasteiger charge is -2.41. The highest BCUT2D eigenvalue weighted by Crippen LogP contribution is 2.41. The molecular formula is C28H35N7O. The van der Waals surface area contributed by atoms with Gasteiger partial charge in [-0.05, 0) is 80.7 Å². The maximum atomic E-state index is 5.68. The molecule has 7 rings (SSSR count). The second-order valence-electron chi connectivity index (χ2n) is 11.2. The zero-order valence-electron chi connectivity index (χ0n) is 20.9. The Bertz CT molecular complexity index is 1200. The van der Waals surface area contributed by atoms with Crippen LogP contribution in [-0.4, -0.2) is 63.9 Å². The first-order chi connectivity index (χ1) is 17.8. The molecule has 2 aliphatic carbocycles. The van der Waals surface area contributed by atoms with Gasteiger partial charge in [0.2, 0.25) is 0 Å². The van der Waals surface area contributed by atoms with Crippen LogP contribution in [0, 0.1) is 5.92 Å². The lowest BCUT2D eigenvalue weighted by Crippen LogP contribution is -2.53. The maximum absolute atomic E-state index is 5.68. The molecule has 188 valence electrons. The van der Waals surface area contributed by atoms with Gasteiger partial charge in [-0.25, -0.2) is 4.68 Å². The second kappa shape index (κ2) is 9.23. The van der Waals surface area contributed by atoms with Crippen LogP contribution in [0.3, 0.4) is 0 Å². The summed E-state index contributed by atoms with van der Waals surface area (Å²) in [4.78, 5) is 11.9. The Balaban J connectivity index is 1.06. The molecule has 2 aliphatic heterocycles. The van der Waals surface area contributed by atoms with Crippen LogP contribution in [0.5, 0.6) is 0 Å². The van der Waals surface area contributed by atoms with E-state index in [0.717, 1.165) is 36.0 Å². The normalized spacial score (nSPS) is 23.8. The van der Waals surface area contributed by atoms with Crippen LogP contribution >= 0.6 is 0 Å². The molecule has 4 fully saturated rings. The van der Waals surface area contributed by atoms with Crippen molar-refractivity contribution in [1.82, 2.24) is 30.3 Å². The lowest BCUT2D eigenvalue weighted by molar-refractivity contribution is -0.0851. The molecule has 3 aromatic rings. The molecule has 0 radical (unpaired) electrons. The summed E-state index contributed by atoms with van der Waals surface area (Å²) in [6, 6.07) is 7.16. The molecule has 3 aromatic heterocycles. The number of rotatable bonds is 8. The average molecular weight is 486 g/mol. The Kier molecular flexibility index (Phi) is 5.73. The molecule has 1 atom stereocenters. The van der Waals surface area contributed by atoms with E-state index in [4.69, 9.17) is 9.72 Å². The van der Waals surface area contributed by atoms with Crippen LogP contribution in [0.15, 0.2) is 43.0 Å². The minimum absolute atomic E-state index is 0.403. The van der Waals surface area contributed by atoms with Crippen molar-refractivity contribution in [1.29, 1.82) is 0 Å². The molecule has 2 saturated carbocycles. The van der Waals surface area contributed by atoms with E-state index in [2.05, 4.69) is 43.7 Å². The molecule has 0 bridgehead atoms. The van der Waals surface area contributed by atoms with E-state index in [9.17, 15) is 0 Å². The zero-order valence-corrected chi connectivity index (χ0v) is 20.9. The summed E-state index contributed by atoms with van der Waals surface area (Å²) in [7, 11) is 0. The minimum atomic E-state index is -0.403. The molecule has 0 spiro atoms. The van der Waals surface area contributed by atoms with E-state index >= 15 is 0 Å². The minimum Gasteiger partial charge on any atom is -0.375 e. The quantitative estimate of drug-likeness (QED) is 0.520. The molecule has 8 nitrogen and oxygen atoms in total. The highest BCUT2D eigenvalue weighted by molar-refractivity contribution is 5.58. The van der Waals surface area contributed by atoms with Crippen LogP contribution in [0.2, 0.25) is 0 Å². The Morgan fingerprint density at radius 3 is 2.67 bits per heavy atom. The molecule has 36 heavy (non-hydrogen) atoms. The maximum Gasteiger partial charge on any atom is 0.152 e. The van der Waals surface area contributed by atoms with E-state index in [1.807, 2.05) is 29.5 Å². The van der Waals surface area contributed by atoms with Gasteiger partial charge in [-0.3, -0.25) is 9.97 Å². The van der Waals surface area contributed by atoms with E-state index in [1.54, 1.807) is 0 Å². The van der Waals surface area contributed by atoms with Crippen LogP contribution in [-0.2, 0) is 10.3 Å². The monoisotopic (exact) mass is 485 g/mol. The number of hydrogen-bond acceptors (Lipinski definition) is 7. The van der Waals surface area contributed by atoms with Crippen LogP contribution in [0.4, 0.5) is 5.69 Å². The van der Waals surface area contributed by atoms with Gasteiger partial charge in [-0.1, -0.05) is 11.6 Å². The van der Waals surface area contributed by atoms with Gasteiger partial charge in [0.25, 0.3) is 0 Å². The van der Waals surface area contributed by atoms with Crippen LogP contribution in [0.25, 0.3) is 11.3 Å². The number of nitrogens with zero attached hydrogens (tertiary/aromatic N) is 6. The highest BCUT2D eigenvalue weighted by atomic mass is 16.5. The van der Waals surface area contributed by atoms with Gasteiger partial charge in [0.05, 0.1) is 37.0 Å². The summed E-state index contributed by atoms with van der Waals surface area (Å²) in [5, 5.41) is 12.8. The number of ether oxygens (including phenoxy) is 1. The van der Waals surface area contributed by atoms with Gasteiger partial charge in [0.1, 0.15) is 5.69 Å². The van der Waals surface area contributed by atoms with Crippen molar-refractivity contribution in [3.05, 3.63) is 54.2 Å². The third-order valence-electron chi connectivity index (χ3n) is 8.65. The number of piperidine rings is 1. The SMILES string of the molecule is c1ncc(C2CC2)cc1-c1cn(C2(c3ccc(N4CCCC(NCC5CCC5)C4)cn3)COC2)nn1. The first-order valence-electron chi connectivity index (χ1n) is 13.7. The van der Waals surface area contributed by atoms with Gasteiger partial charge < -0.3 is 15.0 Å². The molecule has 2 saturated heterocycles. The topological polar surface area (TPSA) is 81.0 Å². The standard InChI is InChI=1S/C28H35N7O/c1-3-20(4-1)12-30-24-5-2-10-34(16-24)25-8-9-27(31-15-25)28(18-36-19-28)35-17-26(32-33-35)23-11-22(13-29-14-23)21-6-7-21/h8-9,11,13-15,17,20-21,24,30H,1-7,10,12,16,18-19H2. The molecule has 8 heteroatoms. The Morgan fingerprint density at radius 2 is 1.94 bits per heavy atom. The van der Waals surface area contributed by atoms with Crippen LogP contribution < -0.4 is 10.2 Å². The second-order valence-corrected chi connectivity index (χ2v) is 11.2. The Morgan fingerprint density at radius 1 is 1.03 bits per heavy atom. The summed E-state index contributed by atoms with van der Waals surface area (Å²) in [6.07, 6.45) is 17.1. The van der Waals surface area contributed by atoms with Crippen molar-refractivity contribution < 1.29 is 4.74 Å². The summed E-state index contributed by atoms with van der Waals surface area (Å²) in [5.74, 6) is 1.56. The predicted octanol–water partition coefficient (Wildman–Crippen LogP) is 3.74. The molecule has 1 unspecified atom stereocenters. The fourth-order valence-electron chi connectivity index (χ4n) is 5.79. The number of anilines is 1. The summed E-state index contributed by atoms with van der Waals surface area (Å²) >= 11 is 0. The van der Waals surface area contributed by atoms with E-state index in [0.29, 0.717) is 25.2 Å². The largest absolute Gasteiger partial charge is 0.375 e. The predicted molar refractivity (Wildman–Crippen MR) is 138 cm³/mol. The fraction of sp³-hybridized carbons (Fsp3) is 0.571. The molecule has 0 amide bonds. The van der Waals surface area contributed by atoms with E-state index in [1.165, 1.54) is 62.7 Å². The number of hydrogen-bond donors (Lipinski definition) is 1. The van der Waals surface area contributed by atoms with Gasteiger partial charge in [-0.15, -0.1) is 5.10 Å². The summed E-state index contributed by atoms with van der Waals surface area (Å²) in [5.41, 5.74) is 4.96. The average Bonchev–Trinajstić information content (AvgIpc) is 3.61. The summed E-state index contributed by atoms with van der Waals surface area (Å²) < 4.78 is 7.63. The summed E-state index contributed by atoms with van der Waals surface area (Å²) in [6.45, 7) is 4.44. The van der Waals surface area contributed by atoms with Crippen LogP contribution in [0.1, 0.15) is 62.1 Å². The van der Waals surface area contributed by atoms with Gasteiger partial charge in [0.15, 0.2) is 5.54 Å². The first kappa shape index (κ1) is 22.4. The Hall–Kier alpha value is -2.84. The van der Waals surface area contributed by atoms with Crippen molar-refractivity contribution in [3.8, 4) is 11.3 Å². The molecule has 5 heterocycles. The van der Waals surface area contributed by atoms with Crippen molar-refractivity contribution in [2.75, 3.05) is 37.7 Å². The van der Waals surface area contributed by atoms with Gasteiger partial charge >= 0.3 is 0 Å².